The fourth-order valence-electron chi connectivity index (χ4n) is 1.60. The van der Waals surface area contributed by atoms with Crippen molar-refractivity contribution in [2.45, 2.75) is 0 Å². The topological polar surface area (TPSA) is 12.9 Å². The molecule has 0 unspecified atom stereocenters. The zero-order chi connectivity index (χ0) is 8.67. The van der Waals surface area contributed by atoms with Gasteiger partial charge in [-0.3, -0.25) is 0 Å². The van der Waals surface area contributed by atoms with Crippen LogP contribution in [0.2, 0.25) is 0 Å². The Hall–Kier alpha value is -1.41. The number of hydrogen-bond donors (Lipinski definition) is 0. The van der Waals surface area contributed by atoms with E-state index in [0.29, 0.717) is 0 Å². The fourth-order valence-corrected chi connectivity index (χ4v) is 2.38. The molecule has 2 heteroatoms. The molecule has 0 saturated heterocycles. The third-order valence-electron chi connectivity index (χ3n) is 2.25. The van der Waals surface area contributed by atoms with Gasteiger partial charge in [-0.15, -0.1) is 0 Å². The first kappa shape index (κ1) is 7.04. The van der Waals surface area contributed by atoms with Gasteiger partial charge in [0, 0.05) is 17.0 Å². The molecule has 3 rings (SSSR count). The summed E-state index contributed by atoms with van der Waals surface area (Å²) < 4.78 is 5.48. The number of hydrogen-bond acceptors (Lipinski definition) is 2. The van der Waals surface area contributed by atoms with Crippen molar-refractivity contribution in [1.29, 1.82) is 0 Å². The Kier molecular flexibility index (Phi) is 1.37. The summed E-state index contributed by atoms with van der Waals surface area (Å²) >= 11 is 1.57. The van der Waals surface area contributed by atoms with E-state index in [-0.39, 0.29) is 0 Å². The lowest BCUT2D eigenvalue weighted by atomic mass is 10.1. The highest BCUT2D eigenvalue weighted by atomic mass is 32.1. The smallest absolute Gasteiger partial charge is 0.0628 e. The zero-order valence-corrected chi connectivity index (χ0v) is 7.71. The van der Waals surface area contributed by atoms with Crippen molar-refractivity contribution >= 4 is 32.4 Å². The molecular formula is C11H7NS. The Morgan fingerprint density at radius 3 is 2.77 bits per heavy atom. The molecule has 2 aromatic carbocycles. The lowest BCUT2D eigenvalue weighted by Gasteiger charge is -1.96. The third-order valence-corrected chi connectivity index (χ3v) is 3.09. The van der Waals surface area contributed by atoms with E-state index in [4.69, 9.17) is 0 Å². The maximum absolute atomic E-state index is 4.19. The van der Waals surface area contributed by atoms with Crippen LogP contribution in [0.3, 0.4) is 0 Å². The van der Waals surface area contributed by atoms with Crippen LogP contribution >= 0.6 is 11.5 Å². The molecule has 0 aliphatic heterocycles. The maximum Gasteiger partial charge on any atom is 0.0628 e. The van der Waals surface area contributed by atoms with Gasteiger partial charge in [0.15, 0.2) is 0 Å². The van der Waals surface area contributed by atoms with Crippen molar-refractivity contribution in [2.24, 2.45) is 0 Å². The van der Waals surface area contributed by atoms with Gasteiger partial charge >= 0.3 is 0 Å². The summed E-state index contributed by atoms with van der Waals surface area (Å²) in [4.78, 5) is 0. The minimum Gasteiger partial charge on any atom is -0.200 e. The third kappa shape index (κ3) is 0.956. The van der Waals surface area contributed by atoms with Crippen LogP contribution in [0.15, 0.2) is 42.6 Å². The lowest BCUT2D eigenvalue weighted by Crippen LogP contribution is -1.70. The zero-order valence-electron chi connectivity index (χ0n) is 6.90. The van der Waals surface area contributed by atoms with E-state index in [0.717, 1.165) is 0 Å². The molecule has 0 aliphatic rings. The molecule has 0 aliphatic carbocycles. The van der Waals surface area contributed by atoms with E-state index in [1.807, 2.05) is 6.20 Å². The molecule has 1 heterocycles. The van der Waals surface area contributed by atoms with Gasteiger partial charge in [-0.25, -0.2) is 0 Å². The van der Waals surface area contributed by atoms with E-state index in [1.165, 1.54) is 20.9 Å². The van der Waals surface area contributed by atoms with Gasteiger partial charge in [-0.2, -0.15) is 4.37 Å². The summed E-state index contributed by atoms with van der Waals surface area (Å²) in [6.45, 7) is 0. The van der Waals surface area contributed by atoms with Crippen LogP contribution in [0.5, 0.6) is 0 Å². The van der Waals surface area contributed by atoms with Gasteiger partial charge in [0.25, 0.3) is 0 Å². The first-order valence-electron chi connectivity index (χ1n) is 4.17. The monoisotopic (exact) mass is 185 g/mol. The van der Waals surface area contributed by atoms with Crippen LogP contribution in [0.25, 0.3) is 20.9 Å². The van der Waals surface area contributed by atoms with E-state index >= 15 is 0 Å². The standard InChI is InChI=1S/C11H7NS/c1-2-4-10-8(3-1)5-6-9-7-12-13-11(9)10/h1-7H. The van der Waals surface area contributed by atoms with Crippen LogP contribution in [0.1, 0.15) is 0 Å². The Balaban J connectivity index is 2.65. The number of benzene rings is 2. The highest BCUT2D eigenvalue weighted by Crippen LogP contribution is 2.27. The second-order valence-corrected chi connectivity index (χ2v) is 3.83. The Morgan fingerprint density at radius 1 is 0.923 bits per heavy atom. The predicted molar refractivity (Wildman–Crippen MR) is 57.1 cm³/mol. The molecule has 3 aromatic rings. The number of aromatic nitrogens is 1. The van der Waals surface area contributed by atoms with Crippen LogP contribution in [0.4, 0.5) is 0 Å². The average molecular weight is 185 g/mol. The normalized spacial score (nSPS) is 11.1. The molecule has 0 bridgehead atoms. The Bertz CT molecular complexity index is 568. The van der Waals surface area contributed by atoms with Crippen LogP contribution < -0.4 is 0 Å². The molecular weight excluding hydrogens is 178 g/mol. The number of fused-ring (bicyclic) bond motifs is 3. The summed E-state index contributed by atoms with van der Waals surface area (Å²) in [7, 11) is 0. The van der Waals surface area contributed by atoms with Crippen molar-refractivity contribution in [3.8, 4) is 0 Å². The molecule has 1 nitrogen and oxygen atoms in total. The number of rotatable bonds is 0. The second-order valence-electron chi connectivity index (χ2n) is 3.03. The van der Waals surface area contributed by atoms with Gasteiger partial charge in [-0.05, 0) is 16.9 Å². The average Bonchev–Trinajstić information content (AvgIpc) is 2.65. The predicted octanol–water partition coefficient (Wildman–Crippen LogP) is 3.45. The summed E-state index contributed by atoms with van der Waals surface area (Å²) in [6.07, 6.45) is 1.92. The van der Waals surface area contributed by atoms with Crippen molar-refractivity contribution < 1.29 is 0 Å². The number of nitrogens with zero attached hydrogens (tertiary/aromatic N) is 1. The van der Waals surface area contributed by atoms with E-state index < -0.39 is 0 Å². The lowest BCUT2D eigenvalue weighted by molar-refractivity contribution is 1.61. The van der Waals surface area contributed by atoms with Crippen LogP contribution in [-0.4, -0.2) is 4.37 Å². The van der Waals surface area contributed by atoms with Gasteiger partial charge < -0.3 is 0 Å². The summed E-state index contributed by atoms with van der Waals surface area (Å²) in [5, 5.41) is 3.84. The first-order chi connectivity index (χ1) is 6.45. The van der Waals surface area contributed by atoms with E-state index in [9.17, 15) is 0 Å². The SMILES string of the molecule is c1ccc2c(c1)ccc1cnsc12. The molecule has 0 amide bonds. The summed E-state index contributed by atoms with van der Waals surface area (Å²) in [5.41, 5.74) is 0. The Labute approximate surface area is 79.8 Å². The first-order valence-corrected chi connectivity index (χ1v) is 4.95. The van der Waals surface area contributed by atoms with Gasteiger partial charge in [-0.1, -0.05) is 36.4 Å². The highest BCUT2D eigenvalue weighted by Gasteiger charge is 2.00. The molecule has 0 saturated carbocycles. The highest BCUT2D eigenvalue weighted by molar-refractivity contribution is 7.14. The van der Waals surface area contributed by atoms with Crippen molar-refractivity contribution in [2.75, 3.05) is 0 Å². The molecule has 0 N–H and O–H groups in total. The molecule has 0 atom stereocenters. The van der Waals surface area contributed by atoms with Crippen LogP contribution in [0, 0.1) is 0 Å². The fraction of sp³-hybridized carbons (Fsp3) is 0. The minimum absolute atomic E-state index is 1.24. The van der Waals surface area contributed by atoms with E-state index in [1.54, 1.807) is 11.5 Å². The minimum atomic E-state index is 1.24. The molecule has 0 spiro atoms. The Morgan fingerprint density at radius 2 is 1.77 bits per heavy atom. The van der Waals surface area contributed by atoms with Crippen molar-refractivity contribution in [1.82, 2.24) is 4.37 Å². The molecule has 13 heavy (non-hydrogen) atoms. The van der Waals surface area contributed by atoms with Crippen molar-refractivity contribution in [3.05, 3.63) is 42.6 Å². The molecule has 0 radical (unpaired) electrons. The summed E-state index contributed by atoms with van der Waals surface area (Å²) in [5.74, 6) is 0. The largest absolute Gasteiger partial charge is 0.200 e. The van der Waals surface area contributed by atoms with E-state index in [2.05, 4.69) is 40.8 Å². The maximum atomic E-state index is 4.19. The molecule has 0 fully saturated rings. The van der Waals surface area contributed by atoms with Crippen LogP contribution in [-0.2, 0) is 0 Å². The summed E-state index contributed by atoms with van der Waals surface area (Å²) in [6, 6.07) is 12.7. The second kappa shape index (κ2) is 2.54. The molecule has 1 aromatic heterocycles. The molecule has 62 valence electrons. The van der Waals surface area contributed by atoms with Gasteiger partial charge in [0.2, 0.25) is 0 Å². The van der Waals surface area contributed by atoms with Gasteiger partial charge in [0.05, 0.1) is 4.70 Å². The van der Waals surface area contributed by atoms with Crippen molar-refractivity contribution in [3.63, 3.8) is 0 Å². The van der Waals surface area contributed by atoms with Gasteiger partial charge in [0.1, 0.15) is 0 Å². The quantitative estimate of drug-likeness (QED) is 0.522.